The summed E-state index contributed by atoms with van der Waals surface area (Å²) < 4.78 is 102. The van der Waals surface area contributed by atoms with E-state index >= 15 is 0 Å². The molecule has 13 N–H and O–H groups in total. The molecule has 5 saturated heterocycles. The van der Waals surface area contributed by atoms with Crippen LogP contribution < -0.4 is 29.6 Å². The zero-order chi connectivity index (χ0) is 60.7. The molecule has 0 unspecified atom stereocenters. The third-order valence-electron chi connectivity index (χ3n) is 20.4. The van der Waals surface area contributed by atoms with Gasteiger partial charge in [0, 0.05) is 0 Å². The summed E-state index contributed by atoms with van der Waals surface area (Å²) in [6, 6.07) is 0. The van der Waals surface area contributed by atoms with Gasteiger partial charge in [-0.3, -0.25) is 4.18 Å². The van der Waals surface area contributed by atoms with E-state index in [0.717, 1.165) is 18.4 Å². The maximum Gasteiger partial charge on any atom is 1.00 e. The van der Waals surface area contributed by atoms with Crippen LogP contribution in [0.15, 0.2) is 11.6 Å². The van der Waals surface area contributed by atoms with Gasteiger partial charge in [-0.1, -0.05) is 39.3 Å². The monoisotopic (exact) mass is 1240 g/mol. The zero-order valence-corrected chi connectivity index (χ0v) is 52.0. The standard InChI is InChI=1S/C55H92O27S.Na/c1-21(2)9-12-34(57)55(8,68)33-11-10-27-26-18-31(29-17-25(82-83(69,70)71)13-15-53(29,6)28(26)14-16-54(27,33)7)77-50-44(67)45(37(60)24(5)76-50)79-52-47(81-49-43(66)41(64)36(59)23(4)75-49)39(62)32(20-73-52)78-51-46(38(61)30(56)19-72-51)80-48-42(65)40(63)35(58)22(3)74-48;/h14,21-27,29-52,56-68H,9-13,15-20H2,1-8H3,(H,69,70,71);/q;+1/p-1/t22-,23-,24-,25+,26+,27+,29-,30-,31+,32-,33+,34+,35-,36+,37-,38+,39+,40+,41+,42-,43-,44-,45+,46-,47-,48+,49+,50+,51+,52+,53-,54+,55-;/m1./s1. The Kier molecular flexibility index (Phi) is 22.4. The molecule has 0 aromatic carbocycles. The van der Waals surface area contributed by atoms with Crippen molar-refractivity contribution in [2.75, 3.05) is 13.2 Å². The summed E-state index contributed by atoms with van der Waals surface area (Å²) in [6.45, 7) is 13.2. The smallest absolute Gasteiger partial charge is 0.726 e. The quantitative estimate of drug-likeness (QED) is 0.0279. The summed E-state index contributed by atoms with van der Waals surface area (Å²) in [7, 11) is -5.12. The van der Waals surface area contributed by atoms with Gasteiger partial charge in [0.25, 0.3) is 0 Å². The molecular formula is C55H91NaO27S. The Morgan fingerprint density at radius 1 is 0.631 bits per heavy atom. The zero-order valence-electron chi connectivity index (χ0n) is 49.2. The molecule has 9 aliphatic rings. The fourth-order valence-corrected chi connectivity index (χ4v) is 15.9. The van der Waals surface area contributed by atoms with Gasteiger partial charge in [0.1, 0.15) is 91.6 Å². The Bertz CT molecular complexity index is 2330. The van der Waals surface area contributed by atoms with Crippen LogP contribution in [0.25, 0.3) is 0 Å². The van der Waals surface area contributed by atoms with E-state index in [1.807, 2.05) is 0 Å². The first kappa shape index (κ1) is 69.6. The Hall–Kier alpha value is -0.310. The SMILES string of the molecule is CC(C)CC[C@H](O)[C@](C)(O)[C@H]1CC[C@H]2[C@@H]3C[C@H](O[C@@H]4O[C@H](C)[C@@H](O)[C@H](O[C@@H]5OC[C@@H](O[C@@H]6OC[C@@H](O)[C@H](O)[C@H]6O[C@@H]6O[C@H](C)[C@@H](O)[C@H](O)[C@H]6O)[C@H](O)[C@H]5O[C@@H]5O[C@H](C)[C@H](O)[C@H](O)[C@H]5O)[C@H]4O)[C@H]4C[C@@H](OS(=O)(=O)[O-])CC[C@]4(C)C3=CC[C@]12C.[Na+]. The third kappa shape index (κ3) is 13.7. The molecule has 4 aliphatic carbocycles. The maximum atomic E-state index is 12.4. The first-order valence-electron chi connectivity index (χ1n) is 29.5. The van der Waals surface area contributed by atoms with Crippen molar-refractivity contribution in [2.24, 2.45) is 40.4 Å². The number of rotatable bonds is 17. The molecule has 29 heteroatoms. The predicted octanol–water partition coefficient (Wildman–Crippen LogP) is -5.58. The fraction of sp³-hybridized carbons (Fsp3) is 0.964. The molecule has 5 aliphatic heterocycles. The van der Waals surface area contributed by atoms with Gasteiger partial charge in [0.2, 0.25) is 10.4 Å². The number of fused-ring (bicyclic) bond motifs is 5. The van der Waals surface area contributed by atoms with E-state index in [2.05, 4.69) is 33.8 Å². The number of aliphatic hydroxyl groups excluding tert-OH is 12. The molecule has 0 spiro atoms. The average Bonchev–Trinajstić information content (AvgIpc) is 1.54. The number of aliphatic hydroxyl groups is 13. The van der Waals surface area contributed by atoms with Crippen LogP contribution in [0, 0.1) is 40.4 Å². The van der Waals surface area contributed by atoms with Crippen molar-refractivity contribution in [3.63, 3.8) is 0 Å². The maximum absolute atomic E-state index is 12.4. The predicted molar refractivity (Wildman–Crippen MR) is 279 cm³/mol. The summed E-state index contributed by atoms with van der Waals surface area (Å²) >= 11 is 0. The van der Waals surface area contributed by atoms with E-state index in [9.17, 15) is 79.4 Å². The number of ether oxygens (including phenoxy) is 10. The van der Waals surface area contributed by atoms with E-state index in [1.165, 1.54) is 20.8 Å². The minimum absolute atomic E-state index is 0. The fourth-order valence-electron chi connectivity index (χ4n) is 15.4. The largest absolute Gasteiger partial charge is 1.00 e. The first-order chi connectivity index (χ1) is 38.8. The molecule has 0 amide bonds. The van der Waals surface area contributed by atoms with E-state index in [1.54, 1.807) is 6.92 Å². The second-order valence-electron chi connectivity index (χ2n) is 26.2. The molecule has 480 valence electrons. The Morgan fingerprint density at radius 2 is 1.15 bits per heavy atom. The molecule has 0 bridgehead atoms. The van der Waals surface area contributed by atoms with Crippen LogP contribution in [0.3, 0.4) is 0 Å². The van der Waals surface area contributed by atoms with Crippen LogP contribution in [0.4, 0.5) is 0 Å². The van der Waals surface area contributed by atoms with Crippen molar-refractivity contribution in [2.45, 2.75) is 278 Å². The van der Waals surface area contributed by atoms with Crippen LogP contribution in [-0.2, 0) is 62.0 Å². The van der Waals surface area contributed by atoms with E-state index in [4.69, 9.17) is 51.6 Å². The summed E-state index contributed by atoms with van der Waals surface area (Å²) in [6.07, 6.45) is -34.3. The summed E-state index contributed by atoms with van der Waals surface area (Å²) in [5, 5.41) is 146. The molecule has 0 aromatic heterocycles. The van der Waals surface area contributed by atoms with Crippen molar-refractivity contribution in [1.82, 2.24) is 0 Å². The van der Waals surface area contributed by atoms with Gasteiger partial charge in [0.05, 0.1) is 55.4 Å². The van der Waals surface area contributed by atoms with Crippen molar-refractivity contribution in [1.29, 1.82) is 0 Å². The van der Waals surface area contributed by atoms with Crippen LogP contribution in [0.5, 0.6) is 0 Å². The molecular weight excluding hydrogens is 1150 g/mol. The average molecular weight is 1240 g/mol. The van der Waals surface area contributed by atoms with Gasteiger partial charge in [0.15, 0.2) is 31.5 Å². The molecule has 9 rings (SSSR count). The number of allylic oxidation sites excluding steroid dienone is 2. The molecule has 27 nitrogen and oxygen atoms in total. The summed E-state index contributed by atoms with van der Waals surface area (Å²) in [4.78, 5) is 0. The minimum atomic E-state index is -5.12. The summed E-state index contributed by atoms with van der Waals surface area (Å²) in [5.41, 5.74) is -1.38. The van der Waals surface area contributed by atoms with Gasteiger partial charge in [-0.05, 0) is 126 Å². The molecule has 8 fully saturated rings. The van der Waals surface area contributed by atoms with Crippen LogP contribution >= 0.6 is 0 Å². The summed E-state index contributed by atoms with van der Waals surface area (Å²) in [5.74, 6) is -0.619. The van der Waals surface area contributed by atoms with Crippen molar-refractivity contribution in [3.8, 4) is 0 Å². The van der Waals surface area contributed by atoms with Crippen LogP contribution in [0.1, 0.15) is 113 Å². The van der Waals surface area contributed by atoms with Crippen molar-refractivity contribution < 1.29 is 160 Å². The number of hydrogen-bond donors (Lipinski definition) is 13. The van der Waals surface area contributed by atoms with Crippen LogP contribution in [-0.4, -0.2) is 258 Å². The van der Waals surface area contributed by atoms with Crippen LogP contribution in [0.2, 0.25) is 0 Å². The second kappa shape index (κ2) is 27.1. The molecule has 3 saturated carbocycles. The third-order valence-corrected chi connectivity index (χ3v) is 20.9. The van der Waals surface area contributed by atoms with Gasteiger partial charge in [-0.2, -0.15) is 0 Å². The molecule has 33 atom stereocenters. The Labute approximate surface area is 512 Å². The second-order valence-corrected chi connectivity index (χ2v) is 27.3. The van der Waals surface area contributed by atoms with Gasteiger partial charge in [-0.25, -0.2) is 8.42 Å². The molecule has 5 heterocycles. The topological polar surface area (TPSA) is 422 Å². The van der Waals surface area contributed by atoms with Gasteiger partial charge in [-0.15, -0.1) is 0 Å². The van der Waals surface area contributed by atoms with Gasteiger partial charge < -0.3 is 118 Å². The Balaban J connectivity index is 0.00000920. The molecule has 0 radical (unpaired) electrons. The molecule has 84 heavy (non-hydrogen) atoms. The normalized spacial score (nSPS) is 51.1. The Morgan fingerprint density at radius 3 is 1.74 bits per heavy atom. The van der Waals surface area contributed by atoms with Gasteiger partial charge >= 0.3 is 29.6 Å². The van der Waals surface area contributed by atoms with E-state index in [0.29, 0.717) is 38.0 Å². The minimum Gasteiger partial charge on any atom is -0.726 e. The van der Waals surface area contributed by atoms with Crippen molar-refractivity contribution in [3.05, 3.63) is 11.6 Å². The molecule has 0 aromatic rings. The van der Waals surface area contributed by atoms with Crippen molar-refractivity contribution >= 4 is 10.4 Å². The van der Waals surface area contributed by atoms with E-state index < -0.39 is 206 Å². The van der Waals surface area contributed by atoms with E-state index in [-0.39, 0.29) is 60.2 Å². The number of hydrogen-bond acceptors (Lipinski definition) is 27. The first-order valence-corrected chi connectivity index (χ1v) is 30.8.